The molecule has 0 aromatic rings. The first-order valence-electron chi connectivity index (χ1n) is 13.1. The molecule has 0 aliphatic carbocycles. The molecule has 0 aliphatic rings. The van der Waals surface area contributed by atoms with E-state index in [1.54, 1.807) is 0 Å². The number of nitrogens with one attached hydrogen (secondary N) is 1. The molecule has 0 aromatic carbocycles. The largest absolute Gasteiger partial charge is 0.480 e. The summed E-state index contributed by atoms with van der Waals surface area (Å²) in [5.74, 6) is -1.13. The van der Waals surface area contributed by atoms with Gasteiger partial charge in [0.1, 0.15) is 6.54 Å². The first-order valence-corrected chi connectivity index (χ1v) is 13.1. The van der Waals surface area contributed by atoms with Gasteiger partial charge >= 0.3 is 5.97 Å². The second-order valence-corrected chi connectivity index (χ2v) is 8.99. The Hall–Kier alpha value is -1.06. The number of amides is 1. The quantitative estimate of drug-likeness (QED) is 0.155. The Morgan fingerprint density at radius 2 is 0.833 bits per heavy atom. The van der Waals surface area contributed by atoms with Crippen LogP contribution in [-0.2, 0) is 9.59 Å². The molecule has 0 atom stereocenters. The number of carbonyl (C=O) groups is 2. The fourth-order valence-electron chi connectivity index (χ4n) is 3.98. The summed E-state index contributed by atoms with van der Waals surface area (Å²) in [7, 11) is 0. The Morgan fingerprint density at radius 3 is 1.13 bits per heavy atom. The summed E-state index contributed by atoms with van der Waals surface area (Å²) in [5, 5.41) is 10.9. The Morgan fingerprint density at radius 1 is 0.533 bits per heavy atom. The molecule has 30 heavy (non-hydrogen) atoms. The van der Waals surface area contributed by atoms with Crippen molar-refractivity contribution in [2.24, 2.45) is 0 Å². The summed E-state index contributed by atoms with van der Waals surface area (Å²) in [6.07, 6.45) is 28.8. The summed E-state index contributed by atoms with van der Waals surface area (Å²) in [6, 6.07) is 0. The van der Waals surface area contributed by atoms with Gasteiger partial charge in [0.2, 0.25) is 5.91 Å². The summed E-state index contributed by atoms with van der Waals surface area (Å²) < 4.78 is 0. The van der Waals surface area contributed by atoms with Crippen LogP contribution in [0.5, 0.6) is 0 Å². The lowest BCUT2D eigenvalue weighted by Crippen LogP contribution is -2.28. The summed E-state index contributed by atoms with van der Waals surface area (Å²) >= 11 is 0. The molecule has 4 heteroatoms. The number of hydrogen-bond donors (Lipinski definition) is 2. The first-order chi connectivity index (χ1) is 14.7. The molecule has 1 amide bonds. The predicted molar refractivity (Wildman–Crippen MR) is 128 cm³/mol. The number of unbranched alkanes of at least 4 members (excludes halogenated alkanes) is 20. The van der Waals surface area contributed by atoms with Crippen LogP contribution in [0.15, 0.2) is 0 Å². The molecule has 0 unspecified atom stereocenters. The maximum absolute atomic E-state index is 11.4. The van der Waals surface area contributed by atoms with Crippen molar-refractivity contribution in [2.45, 2.75) is 148 Å². The van der Waals surface area contributed by atoms with Gasteiger partial charge in [0.05, 0.1) is 0 Å². The van der Waals surface area contributed by atoms with Crippen molar-refractivity contribution in [3.05, 3.63) is 0 Å². The third kappa shape index (κ3) is 25.0. The van der Waals surface area contributed by atoms with Gasteiger partial charge in [0, 0.05) is 6.42 Å². The van der Waals surface area contributed by atoms with Crippen molar-refractivity contribution >= 4 is 11.9 Å². The number of carboxylic acids is 1. The zero-order valence-corrected chi connectivity index (χ0v) is 20.0. The van der Waals surface area contributed by atoms with E-state index in [1.165, 1.54) is 122 Å². The van der Waals surface area contributed by atoms with Gasteiger partial charge in [-0.3, -0.25) is 9.59 Å². The van der Waals surface area contributed by atoms with Gasteiger partial charge in [-0.2, -0.15) is 0 Å². The predicted octanol–water partition coefficient (Wildman–Crippen LogP) is 7.79. The van der Waals surface area contributed by atoms with Gasteiger partial charge < -0.3 is 10.4 Å². The molecule has 2 N–H and O–H groups in total. The van der Waals surface area contributed by atoms with Crippen molar-refractivity contribution in [1.29, 1.82) is 0 Å². The van der Waals surface area contributed by atoms with E-state index in [0.717, 1.165) is 12.8 Å². The molecule has 0 aliphatic heterocycles. The molecule has 0 heterocycles. The SMILES string of the molecule is CCCCCCCCCCCCCCCCCCCCCCCC(=O)NCC(=O)O. The van der Waals surface area contributed by atoms with Crippen molar-refractivity contribution in [2.75, 3.05) is 6.54 Å². The lowest BCUT2D eigenvalue weighted by atomic mass is 10.0. The van der Waals surface area contributed by atoms with E-state index in [9.17, 15) is 9.59 Å². The first kappa shape index (κ1) is 28.9. The lowest BCUT2D eigenvalue weighted by Gasteiger charge is -2.04. The van der Waals surface area contributed by atoms with E-state index in [1.807, 2.05) is 0 Å². The molecular formula is C26H51NO3. The van der Waals surface area contributed by atoms with Crippen molar-refractivity contribution in [3.63, 3.8) is 0 Å². The van der Waals surface area contributed by atoms with Crippen LogP contribution in [0.3, 0.4) is 0 Å². The number of hydrogen-bond acceptors (Lipinski definition) is 2. The molecule has 0 saturated heterocycles. The standard InChI is InChI=1S/C26H51NO3/c1-2-3-4-5-6-7-8-9-10-11-12-13-14-15-16-17-18-19-20-21-22-23-25(28)27-24-26(29)30/h2-24H2,1H3,(H,27,28)(H,29,30). The van der Waals surface area contributed by atoms with Crippen LogP contribution >= 0.6 is 0 Å². The summed E-state index contributed by atoms with van der Waals surface area (Å²) in [5.41, 5.74) is 0. The highest BCUT2D eigenvalue weighted by Gasteiger charge is 2.03. The van der Waals surface area contributed by atoms with Crippen LogP contribution in [0.2, 0.25) is 0 Å². The molecule has 0 aromatic heterocycles. The van der Waals surface area contributed by atoms with Crippen molar-refractivity contribution in [1.82, 2.24) is 5.32 Å². The van der Waals surface area contributed by atoms with Crippen LogP contribution < -0.4 is 5.32 Å². The molecule has 0 saturated carbocycles. The highest BCUT2D eigenvalue weighted by atomic mass is 16.4. The third-order valence-electron chi connectivity index (χ3n) is 5.94. The molecule has 4 nitrogen and oxygen atoms in total. The molecule has 0 fully saturated rings. The maximum atomic E-state index is 11.4. The highest BCUT2D eigenvalue weighted by molar-refractivity contribution is 5.80. The van der Waals surface area contributed by atoms with Gasteiger partial charge in [-0.1, -0.05) is 135 Å². The van der Waals surface area contributed by atoms with Crippen LogP contribution in [0.25, 0.3) is 0 Å². The van der Waals surface area contributed by atoms with Crippen molar-refractivity contribution < 1.29 is 14.7 Å². The zero-order chi connectivity index (χ0) is 22.1. The summed E-state index contributed by atoms with van der Waals surface area (Å²) in [6.45, 7) is 2.02. The minimum absolute atomic E-state index is 0.143. The number of rotatable bonds is 24. The van der Waals surface area contributed by atoms with E-state index >= 15 is 0 Å². The van der Waals surface area contributed by atoms with Gasteiger partial charge in [-0.15, -0.1) is 0 Å². The van der Waals surface area contributed by atoms with E-state index in [-0.39, 0.29) is 12.5 Å². The van der Waals surface area contributed by atoms with E-state index in [0.29, 0.717) is 6.42 Å². The highest BCUT2D eigenvalue weighted by Crippen LogP contribution is 2.15. The smallest absolute Gasteiger partial charge is 0.322 e. The Balaban J connectivity index is 3.08. The number of aliphatic carboxylic acids is 1. The fraction of sp³-hybridized carbons (Fsp3) is 0.923. The minimum Gasteiger partial charge on any atom is -0.480 e. The topological polar surface area (TPSA) is 66.4 Å². The monoisotopic (exact) mass is 425 g/mol. The normalized spacial score (nSPS) is 11.0. The van der Waals surface area contributed by atoms with Crippen LogP contribution in [-0.4, -0.2) is 23.5 Å². The molecule has 0 rings (SSSR count). The minimum atomic E-state index is -0.984. The van der Waals surface area contributed by atoms with Crippen molar-refractivity contribution in [3.8, 4) is 0 Å². The zero-order valence-electron chi connectivity index (χ0n) is 20.0. The van der Waals surface area contributed by atoms with Gasteiger partial charge in [-0.05, 0) is 6.42 Å². The Kier molecular flexibility index (Phi) is 23.4. The van der Waals surface area contributed by atoms with Crippen LogP contribution in [0, 0.1) is 0 Å². The fourth-order valence-corrected chi connectivity index (χ4v) is 3.98. The molecular weight excluding hydrogens is 374 g/mol. The Labute approximate surface area is 187 Å². The van der Waals surface area contributed by atoms with Crippen LogP contribution in [0.1, 0.15) is 148 Å². The lowest BCUT2D eigenvalue weighted by molar-refractivity contribution is -0.137. The third-order valence-corrected chi connectivity index (χ3v) is 5.94. The maximum Gasteiger partial charge on any atom is 0.322 e. The molecule has 0 spiro atoms. The molecule has 178 valence electrons. The van der Waals surface area contributed by atoms with E-state index in [2.05, 4.69) is 12.2 Å². The number of carbonyl (C=O) groups excluding carboxylic acids is 1. The van der Waals surface area contributed by atoms with Crippen LogP contribution in [0.4, 0.5) is 0 Å². The average molecular weight is 426 g/mol. The van der Waals surface area contributed by atoms with Gasteiger partial charge in [0.25, 0.3) is 0 Å². The summed E-state index contributed by atoms with van der Waals surface area (Å²) in [4.78, 5) is 21.7. The van der Waals surface area contributed by atoms with Gasteiger partial charge in [0.15, 0.2) is 0 Å². The van der Waals surface area contributed by atoms with E-state index < -0.39 is 5.97 Å². The number of carboxylic acid groups (broad SMARTS) is 1. The second-order valence-electron chi connectivity index (χ2n) is 8.99. The van der Waals surface area contributed by atoms with E-state index in [4.69, 9.17) is 5.11 Å². The Bertz CT molecular complexity index is 384. The average Bonchev–Trinajstić information content (AvgIpc) is 2.73. The molecule has 0 radical (unpaired) electrons. The van der Waals surface area contributed by atoms with Gasteiger partial charge in [-0.25, -0.2) is 0 Å². The molecule has 0 bridgehead atoms. The second kappa shape index (κ2) is 24.2.